The van der Waals surface area contributed by atoms with E-state index in [-0.39, 0.29) is 5.44 Å². The molecule has 1 rings (SSSR count). The lowest BCUT2D eigenvalue weighted by Gasteiger charge is -1.98. The molecular formula is C4H8O2S. The molecule has 42 valence electrons. The highest BCUT2D eigenvalue weighted by atomic mass is 32.2. The second-order valence-corrected chi connectivity index (χ2v) is 2.82. The molecule has 1 fully saturated rings. The Morgan fingerprint density at radius 3 is 2.86 bits per heavy atom. The second kappa shape index (κ2) is 2.55. The van der Waals surface area contributed by atoms with E-state index >= 15 is 0 Å². The molecule has 0 aromatic rings. The summed E-state index contributed by atoms with van der Waals surface area (Å²) in [6, 6.07) is 0. The molecule has 3 heteroatoms. The summed E-state index contributed by atoms with van der Waals surface area (Å²) >= 11 is 1.67. The molecule has 0 spiro atoms. The van der Waals surface area contributed by atoms with Gasteiger partial charge in [0, 0.05) is 0 Å². The van der Waals surface area contributed by atoms with Crippen molar-refractivity contribution in [3.63, 3.8) is 0 Å². The molecule has 1 saturated heterocycles. The van der Waals surface area contributed by atoms with Crippen molar-refractivity contribution in [1.29, 1.82) is 0 Å². The van der Waals surface area contributed by atoms with Crippen LogP contribution in [0.25, 0.3) is 0 Å². The third-order valence-corrected chi connectivity index (χ3v) is 2.22. The summed E-state index contributed by atoms with van der Waals surface area (Å²) in [5, 5.41) is 8.05. The van der Waals surface area contributed by atoms with Gasteiger partial charge >= 0.3 is 0 Å². The standard InChI is InChI=1S/C4H8O2S/c5-6-4-2-1-3-7-4/h4-5H,1-3H2. The first-order valence-corrected chi connectivity index (χ1v) is 3.40. The van der Waals surface area contributed by atoms with Gasteiger partial charge in [-0.1, -0.05) is 0 Å². The van der Waals surface area contributed by atoms with Crippen LogP contribution < -0.4 is 0 Å². The van der Waals surface area contributed by atoms with Gasteiger partial charge < -0.3 is 0 Å². The van der Waals surface area contributed by atoms with Crippen molar-refractivity contribution in [1.82, 2.24) is 0 Å². The van der Waals surface area contributed by atoms with Gasteiger partial charge in [-0.15, -0.1) is 11.8 Å². The van der Waals surface area contributed by atoms with Crippen LogP contribution in [0.1, 0.15) is 12.8 Å². The van der Waals surface area contributed by atoms with Crippen LogP contribution in [0.5, 0.6) is 0 Å². The zero-order valence-corrected chi connectivity index (χ0v) is 4.78. The molecule has 2 nitrogen and oxygen atoms in total. The van der Waals surface area contributed by atoms with Crippen LogP contribution in [-0.2, 0) is 4.89 Å². The highest BCUT2D eigenvalue weighted by Gasteiger charge is 2.14. The van der Waals surface area contributed by atoms with Crippen molar-refractivity contribution >= 4 is 11.8 Å². The van der Waals surface area contributed by atoms with E-state index in [0.717, 1.165) is 12.2 Å². The lowest BCUT2D eigenvalue weighted by atomic mass is 10.4. The van der Waals surface area contributed by atoms with E-state index < -0.39 is 0 Å². The summed E-state index contributed by atoms with van der Waals surface area (Å²) in [7, 11) is 0. The Balaban J connectivity index is 2.14. The first kappa shape index (κ1) is 5.41. The minimum atomic E-state index is 0.0694. The third-order valence-electron chi connectivity index (χ3n) is 1.01. The molecule has 0 aromatic heterocycles. The molecule has 1 aliphatic heterocycles. The fourth-order valence-electron chi connectivity index (χ4n) is 0.631. The van der Waals surface area contributed by atoms with E-state index in [0.29, 0.717) is 0 Å². The zero-order valence-electron chi connectivity index (χ0n) is 3.96. The monoisotopic (exact) mass is 120 g/mol. The minimum absolute atomic E-state index is 0.0694. The van der Waals surface area contributed by atoms with Crippen LogP contribution in [0.15, 0.2) is 0 Å². The summed E-state index contributed by atoms with van der Waals surface area (Å²) < 4.78 is 0. The lowest BCUT2D eigenvalue weighted by Crippen LogP contribution is -1.97. The molecule has 7 heavy (non-hydrogen) atoms. The van der Waals surface area contributed by atoms with E-state index in [1.165, 1.54) is 6.42 Å². The van der Waals surface area contributed by atoms with Crippen molar-refractivity contribution in [2.45, 2.75) is 18.3 Å². The van der Waals surface area contributed by atoms with Crippen LogP contribution in [0.2, 0.25) is 0 Å². The van der Waals surface area contributed by atoms with E-state index in [9.17, 15) is 0 Å². The van der Waals surface area contributed by atoms with Gasteiger partial charge in [0.15, 0.2) is 0 Å². The first-order valence-electron chi connectivity index (χ1n) is 2.35. The highest BCUT2D eigenvalue weighted by molar-refractivity contribution is 7.99. The molecule has 0 saturated carbocycles. The SMILES string of the molecule is OOC1CCCS1. The molecule has 0 aromatic carbocycles. The molecule has 1 N–H and O–H groups in total. The maximum Gasteiger partial charge on any atom is 0.138 e. The van der Waals surface area contributed by atoms with Gasteiger partial charge in [-0.05, 0) is 18.6 Å². The van der Waals surface area contributed by atoms with E-state index in [1.54, 1.807) is 11.8 Å². The molecule has 1 aliphatic rings. The second-order valence-electron chi connectivity index (χ2n) is 1.55. The average Bonchev–Trinajstić information content (AvgIpc) is 2.14. The lowest BCUT2D eigenvalue weighted by molar-refractivity contribution is -0.253. The Bertz CT molecular complexity index is 51.7. The number of hydrogen-bond acceptors (Lipinski definition) is 3. The van der Waals surface area contributed by atoms with Crippen LogP contribution >= 0.6 is 11.8 Å². The van der Waals surface area contributed by atoms with Gasteiger partial charge in [0.2, 0.25) is 0 Å². The van der Waals surface area contributed by atoms with Gasteiger partial charge in [0.25, 0.3) is 0 Å². The highest BCUT2D eigenvalue weighted by Crippen LogP contribution is 2.25. The summed E-state index contributed by atoms with van der Waals surface area (Å²) in [6.07, 6.45) is 2.18. The smallest absolute Gasteiger partial charge is 0.138 e. The predicted molar refractivity (Wildman–Crippen MR) is 29.2 cm³/mol. The molecule has 0 radical (unpaired) electrons. The Hall–Kier alpha value is 0.270. The Morgan fingerprint density at radius 2 is 2.57 bits per heavy atom. The normalized spacial score (nSPS) is 31.3. The fraction of sp³-hybridized carbons (Fsp3) is 1.00. The molecular weight excluding hydrogens is 112 g/mol. The number of hydrogen-bond donors (Lipinski definition) is 1. The number of thioether (sulfide) groups is 1. The van der Waals surface area contributed by atoms with Crippen LogP contribution in [-0.4, -0.2) is 16.4 Å². The summed E-state index contributed by atoms with van der Waals surface area (Å²) in [4.78, 5) is 4.07. The van der Waals surface area contributed by atoms with Crippen molar-refractivity contribution in [3.05, 3.63) is 0 Å². The average molecular weight is 120 g/mol. The maximum atomic E-state index is 8.05. The Morgan fingerprint density at radius 1 is 1.71 bits per heavy atom. The van der Waals surface area contributed by atoms with Crippen LogP contribution in [0, 0.1) is 0 Å². The molecule has 1 heterocycles. The van der Waals surface area contributed by atoms with Gasteiger partial charge in [-0.3, -0.25) is 5.26 Å². The summed E-state index contributed by atoms with van der Waals surface area (Å²) in [5.41, 5.74) is 0.0694. The minimum Gasteiger partial charge on any atom is -0.251 e. The maximum absolute atomic E-state index is 8.05. The van der Waals surface area contributed by atoms with E-state index in [2.05, 4.69) is 4.89 Å². The van der Waals surface area contributed by atoms with Crippen LogP contribution in [0.4, 0.5) is 0 Å². The van der Waals surface area contributed by atoms with Crippen molar-refractivity contribution in [3.8, 4) is 0 Å². The van der Waals surface area contributed by atoms with E-state index in [4.69, 9.17) is 5.26 Å². The van der Waals surface area contributed by atoms with Crippen molar-refractivity contribution in [2.24, 2.45) is 0 Å². The Labute approximate surface area is 46.8 Å². The quantitative estimate of drug-likeness (QED) is 0.418. The van der Waals surface area contributed by atoms with Crippen molar-refractivity contribution in [2.75, 3.05) is 5.75 Å². The van der Waals surface area contributed by atoms with Gasteiger partial charge in [-0.2, -0.15) is 0 Å². The molecule has 1 atom stereocenters. The molecule has 0 amide bonds. The topological polar surface area (TPSA) is 29.5 Å². The predicted octanol–water partition coefficient (Wildman–Crippen LogP) is 1.33. The molecule has 1 unspecified atom stereocenters. The largest absolute Gasteiger partial charge is 0.251 e. The molecule has 0 aliphatic carbocycles. The van der Waals surface area contributed by atoms with E-state index in [1.807, 2.05) is 0 Å². The third kappa shape index (κ3) is 1.33. The van der Waals surface area contributed by atoms with Crippen LogP contribution in [0.3, 0.4) is 0 Å². The summed E-state index contributed by atoms with van der Waals surface area (Å²) in [6.45, 7) is 0. The van der Waals surface area contributed by atoms with Crippen molar-refractivity contribution < 1.29 is 10.1 Å². The zero-order chi connectivity index (χ0) is 5.11. The van der Waals surface area contributed by atoms with Gasteiger partial charge in [0.1, 0.15) is 5.44 Å². The fourth-order valence-corrected chi connectivity index (χ4v) is 1.62. The van der Waals surface area contributed by atoms with Gasteiger partial charge in [0.05, 0.1) is 0 Å². The first-order chi connectivity index (χ1) is 3.43. The molecule has 0 bridgehead atoms. The van der Waals surface area contributed by atoms with Gasteiger partial charge in [-0.25, -0.2) is 4.89 Å². The Kier molecular flexibility index (Phi) is 1.97. The summed E-state index contributed by atoms with van der Waals surface area (Å²) in [5.74, 6) is 1.13. The number of rotatable bonds is 1.